The van der Waals surface area contributed by atoms with Gasteiger partial charge in [0.05, 0.1) is 5.54 Å². The Balaban J connectivity index is 1.71. The first-order chi connectivity index (χ1) is 12.9. The quantitative estimate of drug-likeness (QED) is 0.546. The fraction of sp³-hybridized carbons (Fsp3) is 0.208. The van der Waals surface area contributed by atoms with E-state index in [0.29, 0.717) is 6.54 Å². The Morgan fingerprint density at radius 2 is 1.59 bits per heavy atom. The molecule has 0 fully saturated rings. The zero-order valence-corrected chi connectivity index (χ0v) is 16.5. The van der Waals surface area contributed by atoms with Gasteiger partial charge in [-0.2, -0.15) is 0 Å². The van der Waals surface area contributed by atoms with Crippen molar-refractivity contribution in [3.05, 3.63) is 88.5 Å². The lowest BCUT2D eigenvalue weighted by Gasteiger charge is -2.37. The van der Waals surface area contributed by atoms with Gasteiger partial charge in [0.25, 0.3) is 5.91 Å². The van der Waals surface area contributed by atoms with E-state index in [-0.39, 0.29) is 5.91 Å². The first-order valence-corrected chi connectivity index (χ1v) is 9.52. The molecular weight excluding hydrogens is 354 g/mol. The highest BCUT2D eigenvalue weighted by atomic mass is 35.5. The lowest BCUT2D eigenvalue weighted by Crippen LogP contribution is -2.43. The minimum atomic E-state index is -0.414. The third-order valence-electron chi connectivity index (χ3n) is 5.53. The van der Waals surface area contributed by atoms with Gasteiger partial charge < -0.3 is 4.90 Å². The molecule has 27 heavy (non-hydrogen) atoms. The lowest BCUT2D eigenvalue weighted by atomic mass is 9.90. The van der Waals surface area contributed by atoms with Crippen LogP contribution in [0.4, 0.5) is 0 Å². The molecule has 3 heteroatoms. The maximum absolute atomic E-state index is 13.3. The molecule has 0 bridgehead atoms. The Hall–Kier alpha value is -2.58. The number of fused-ring (bicyclic) bond motifs is 1. The van der Waals surface area contributed by atoms with Crippen molar-refractivity contribution in [1.82, 2.24) is 4.90 Å². The summed E-state index contributed by atoms with van der Waals surface area (Å²) in [6.07, 6.45) is 0. The average Bonchev–Trinajstić information content (AvgIpc) is 2.97. The van der Waals surface area contributed by atoms with Crippen LogP contribution in [-0.2, 0) is 10.3 Å². The Morgan fingerprint density at radius 1 is 0.926 bits per heavy atom. The molecule has 0 atom stereocenters. The summed E-state index contributed by atoms with van der Waals surface area (Å²) in [5.74, 6) is 0.0971. The second-order valence-corrected chi connectivity index (χ2v) is 8.11. The molecule has 1 amide bonds. The minimum Gasteiger partial charge on any atom is -0.325 e. The summed E-state index contributed by atoms with van der Waals surface area (Å²) >= 11 is 6.10. The third-order valence-corrected chi connectivity index (χ3v) is 5.76. The molecule has 2 nitrogen and oxygen atoms in total. The molecule has 1 aliphatic heterocycles. The summed E-state index contributed by atoms with van der Waals surface area (Å²) in [5, 5.41) is 2.97. The van der Waals surface area contributed by atoms with E-state index >= 15 is 0 Å². The van der Waals surface area contributed by atoms with Crippen LogP contribution in [0.5, 0.6) is 0 Å². The molecule has 1 aliphatic rings. The van der Waals surface area contributed by atoms with E-state index in [0.717, 1.165) is 38.1 Å². The maximum atomic E-state index is 13.3. The summed E-state index contributed by atoms with van der Waals surface area (Å²) in [7, 11) is 0. The fourth-order valence-corrected chi connectivity index (χ4v) is 4.07. The van der Waals surface area contributed by atoms with Crippen molar-refractivity contribution in [2.24, 2.45) is 0 Å². The Labute approximate surface area is 165 Å². The maximum Gasteiger partial charge on any atom is 0.255 e. The number of hydrogen-bond acceptors (Lipinski definition) is 1. The van der Waals surface area contributed by atoms with Gasteiger partial charge in [-0.3, -0.25) is 4.79 Å². The summed E-state index contributed by atoms with van der Waals surface area (Å²) in [4.78, 5) is 15.3. The zero-order valence-electron chi connectivity index (χ0n) is 15.8. The van der Waals surface area contributed by atoms with Crippen molar-refractivity contribution < 1.29 is 4.79 Å². The van der Waals surface area contributed by atoms with Crippen LogP contribution in [0.25, 0.3) is 16.3 Å². The largest absolute Gasteiger partial charge is 0.325 e. The van der Waals surface area contributed by atoms with Gasteiger partial charge in [-0.05, 0) is 66.4 Å². The number of carbonyl (C=O) groups is 1. The molecule has 4 rings (SSSR count). The zero-order chi connectivity index (χ0) is 19.2. The van der Waals surface area contributed by atoms with E-state index in [4.69, 9.17) is 11.6 Å². The third kappa shape index (κ3) is 3.04. The van der Waals surface area contributed by atoms with Crippen molar-refractivity contribution in [2.75, 3.05) is 6.54 Å². The minimum absolute atomic E-state index is 0.0971. The van der Waals surface area contributed by atoms with E-state index in [1.807, 2.05) is 53.4 Å². The van der Waals surface area contributed by atoms with Crippen LogP contribution in [0, 0.1) is 0 Å². The molecule has 3 aromatic rings. The van der Waals surface area contributed by atoms with E-state index in [1.165, 1.54) is 0 Å². The first kappa shape index (κ1) is 17.8. The van der Waals surface area contributed by atoms with Gasteiger partial charge in [0.15, 0.2) is 0 Å². The van der Waals surface area contributed by atoms with Gasteiger partial charge in [0, 0.05) is 17.1 Å². The second kappa shape index (κ2) is 6.54. The number of amides is 1. The number of nitrogens with zero attached hydrogens (tertiary/aromatic N) is 1. The van der Waals surface area contributed by atoms with Crippen molar-refractivity contribution in [1.29, 1.82) is 0 Å². The molecule has 136 valence electrons. The lowest BCUT2D eigenvalue weighted by molar-refractivity contribution is -0.128. The van der Waals surface area contributed by atoms with Gasteiger partial charge in [0.2, 0.25) is 0 Å². The highest BCUT2D eigenvalue weighted by Gasteiger charge is 2.39. The van der Waals surface area contributed by atoms with Crippen LogP contribution in [0.3, 0.4) is 0 Å². The predicted octanol–water partition coefficient (Wildman–Crippen LogP) is 6.04. The van der Waals surface area contributed by atoms with Gasteiger partial charge >= 0.3 is 0 Å². The molecule has 1 heterocycles. The van der Waals surface area contributed by atoms with E-state index in [1.54, 1.807) is 0 Å². The van der Waals surface area contributed by atoms with Crippen LogP contribution >= 0.6 is 11.6 Å². The van der Waals surface area contributed by atoms with Gasteiger partial charge in [-0.15, -0.1) is 0 Å². The Morgan fingerprint density at radius 3 is 2.33 bits per heavy atom. The van der Waals surface area contributed by atoms with E-state index in [9.17, 15) is 4.79 Å². The standard InChI is InChI=1S/C24H22ClNO/c1-16-15-26(23(27)22(16)17-7-5-4-6-8-17)24(2,3)20-11-9-19-14-21(25)12-10-18(19)13-20/h4-14H,15H2,1-3H3. The number of benzene rings is 3. The highest BCUT2D eigenvalue weighted by molar-refractivity contribution is 6.31. The smallest absolute Gasteiger partial charge is 0.255 e. The SMILES string of the molecule is CC1=C(c2ccccc2)C(=O)N(C(C)(C)c2ccc3cc(Cl)ccc3c2)C1. The second-order valence-electron chi connectivity index (χ2n) is 7.68. The van der Waals surface area contributed by atoms with Crippen molar-refractivity contribution >= 4 is 33.9 Å². The summed E-state index contributed by atoms with van der Waals surface area (Å²) in [6.45, 7) is 6.93. The molecule has 0 aromatic heterocycles. The molecule has 0 spiro atoms. The molecule has 3 aromatic carbocycles. The van der Waals surface area contributed by atoms with Crippen LogP contribution in [0.1, 0.15) is 31.9 Å². The highest BCUT2D eigenvalue weighted by Crippen LogP contribution is 2.38. The van der Waals surface area contributed by atoms with Crippen molar-refractivity contribution in [3.63, 3.8) is 0 Å². The molecule has 0 unspecified atom stereocenters. The molecule has 0 saturated carbocycles. The van der Waals surface area contributed by atoms with Gasteiger partial charge in [-0.25, -0.2) is 0 Å². The van der Waals surface area contributed by atoms with Crippen LogP contribution in [0.15, 0.2) is 72.3 Å². The number of rotatable bonds is 3. The van der Waals surface area contributed by atoms with Gasteiger partial charge in [-0.1, -0.05) is 60.1 Å². The molecule has 0 N–H and O–H groups in total. The predicted molar refractivity (Wildman–Crippen MR) is 113 cm³/mol. The summed E-state index contributed by atoms with van der Waals surface area (Å²) < 4.78 is 0. The number of halogens is 1. The van der Waals surface area contributed by atoms with E-state index < -0.39 is 5.54 Å². The van der Waals surface area contributed by atoms with Gasteiger partial charge in [0.1, 0.15) is 0 Å². The average molecular weight is 376 g/mol. The first-order valence-electron chi connectivity index (χ1n) is 9.15. The fourth-order valence-electron chi connectivity index (χ4n) is 3.88. The Kier molecular flexibility index (Phi) is 4.32. The Bertz CT molecular complexity index is 1070. The molecule has 0 saturated heterocycles. The monoisotopic (exact) mass is 375 g/mol. The molecule has 0 aliphatic carbocycles. The van der Waals surface area contributed by atoms with Crippen molar-refractivity contribution in [3.8, 4) is 0 Å². The topological polar surface area (TPSA) is 20.3 Å². The van der Waals surface area contributed by atoms with Crippen molar-refractivity contribution in [2.45, 2.75) is 26.3 Å². The number of hydrogen-bond donors (Lipinski definition) is 0. The van der Waals surface area contributed by atoms with Crippen LogP contribution < -0.4 is 0 Å². The molecule has 0 radical (unpaired) electrons. The molecular formula is C24H22ClNO. The normalized spacial score (nSPS) is 15.1. The van der Waals surface area contributed by atoms with Crippen LogP contribution in [0.2, 0.25) is 5.02 Å². The van der Waals surface area contributed by atoms with E-state index in [2.05, 4.69) is 39.0 Å². The van der Waals surface area contributed by atoms with Crippen LogP contribution in [-0.4, -0.2) is 17.4 Å². The summed E-state index contributed by atoms with van der Waals surface area (Å²) in [6, 6.07) is 22.2. The summed E-state index contributed by atoms with van der Waals surface area (Å²) in [5.41, 5.74) is 3.64. The number of carbonyl (C=O) groups excluding carboxylic acids is 1.